The topological polar surface area (TPSA) is 93.7 Å². The van der Waals surface area contributed by atoms with E-state index in [0.717, 1.165) is 16.7 Å². The van der Waals surface area contributed by atoms with E-state index in [9.17, 15) is 19.7 Å². The van der Waals surface area contributed by atoms with Gasteiger partial charge in [0.15, 0.2) is 0 Å². The van der Waals surface area contributed by atoms with E-state index in [4.69, 9.17) is 27.6 Å². The van der Waals surface area contributed by atoms with Gasteiger partial charge in [0.05, 0.1) is 14.9 Å². The fourth-order valence-corrected chi connectivity index (χ4v) is 3.47. The van der Waals surface area contributed by atoms with Gasteiger partial charge >= 0.3 is 0 Å². The van der Waals surface area contributed by atoms with Crippen LogP contribution in [0, 0.1) is 10.1 Å². The summed E-state index contributed by atoms with van der Waals surface area (Å²) in [4.78, 5) is 35.0. The first-order valence-electron chi connectivity index (χ1n) is 6.73. The van der Waals surface area contributed by atoms with Gasteiger partial charge in [0.1, 0.15) is 16.5 Å². The van der Waals surface area contributed by atoms with E-state index in [0.29, 0.717) is 11.3 Å². The average Bonchev–Trinajstić information content (AvgIpc) is 3.08. The maximum Gasteiger partial charge on any atom is 0.293 e. The summed E-state index contributed by atoms with van der Waals surface area (Å²) in [6.07, 6.45) is 1.43. The van der Waals surface area contributed by atoms with E-state index in [1.807, 2.05) is 0 Å². The van der Waals surface area contributed by atoms with Crippen molar-refractivity contribution in [2.24, 2.45) is 0 Å². The second-order valence-corrected chi connectivity index (χ2v) is 6.79. The van der Waals surface area contributed by atoms with Gasteiger partial charge < -0.3 is 4.42 Å². The fraction of sp³-hybridized carbons (Fsp3) is 0.0667. The molecule has 3 rings (SSSR count). The lowest BCUT2D eigenvalue weighted by atomic mass is 10.1. The summed E-state index contributed by atoms with van der Waals surface area (Å²) in [6, 6.07) is 5.60. The third-order valence-corrected chi connectivity index (χ3v) is 4.96. The Morgan fingerprint density at radius 1 is 1.24 bits per heavy atom. The minimum Gasteiger partial charge on any atom is -0.457 e. The summed E-state index contributed by atoms with van der Waals surface area (Å²) < 4.78 is 5.58. The van der Waals surface area contributed by atoms with Gasteiger partial charge in [0.2, 0.25) is 0 Å². The highest BCUT2D eigenvalue weighted by molar-refractivity contribution is 8.18. The highest BCUT2D eigenvalue weighted by Gasteiger charge is 2.32. The Balaban J connectivity index is 1.98. The van der Waals surface area contributed by atoms with Crippen LogP contribution < -0.4 is 0 Å². The number of rotatable bonds is 3. The normalized spacial score (nSPS) is 16.1. The molecule has 0 bridgehead atoms. The largest absolute Gasteiger partial charge is 0.457 e. The van der Waals surface area contributed by atoms with E-state index in [2.05, 4.69) is 0 Å². The molecule has 0 spiro atoms. The van der Waals surface area contributed by atoms with Crippen molar-refractivity contribution < 1.29 is 18.9 Å². The van der Waals surface area contributed by atoms with Crippen LogP contribution in [0.4, 0.5) is 10.5 Å². The first kappa shape index (κ1) is 17.5. The Hall–Kier alpha value is -2.29. The molecule has 1 aliphatic rings. The van der Waals surface area contributed by atoms with Gasteiger partial charge in [-0.05, 0) is 30.0 Å². The van der Waals surface area contributed by atoms with Crippen LogP contribution in [0.2, 0.25) is 10.0 Å². The summed E-state index contributed by atoms with van der Waals surface area (Å²) >= 11 is 12.7. The van der Waals surface area contributed by atoms with Gasteiger partial charge in [-0.3, -0.25) is 24.6 Å². The van der Waals surface area contributed by atoms with Gasteiger partial charge in [-0.1, -0.05) is 23.2 Å². The minimum atomic E-state index is -0.622. The molecule has 0 radical (unpaired) electrons. The van der Waals surface area contributed by atoms with Crippen molar-refractivity contribution >= 4 is 57.9 Å². The Kier molecular flexibility index (Phi) is 4.59. The molecule has 1 aliphatic heterocycles. The number of nitro benzene ring substituents is 1. The van der Waals surface area contributed by atoms with Crippen molar-refractivity contribution in [1.29, 1.82) is 0 Å². The predicted molar refractivity (Wildman–Crippen MR) is 94.6 cm³/mol. The molecule has 25 heavy (non-hydrogen) atoms. The first-order valence-corrected chi connectivity index (χ1v) is 8.30. The monoisotopic (exact) mass is 398 g/mol. The number of halogens is 2. The van der Waals surface area contributed by atoms with Crippen molar-refractivity contribution in [2.45, 2.75) is 0 Å². The number of nitrogens with zero attached hydrogens (tertiary/aromatic N) is 2. The second kappa shape index (κ2) is 6.55. The molecule has 0 aliphatic carbocycles. The molecule has 0 saturated carbocycles. The summed E-state index contributed by atoms with van der Waals surface area (Å²) in [5, 5.41) is 10.7. The van der Waals surface area contributed by atoms with Crippen LogP contribution in [0.3, 0.4) is 0 Å². The van der Waals surface area contributed by atoms with Crippen molar-refractivity contribution in [3.05, 3.63) is 55.1 Å². The van der Waals surface area contributed by atoms with E-state index >= 15 is 0 Å². The zero-order valence-electron chi connectivity index (χ0n) is 12.5. The van der Waals surface area contributed by atoms with Crippen LogP contribution in [0.15, 0.2) is 33.6 Å². The highest BCUT2D eigenvalue weighted by atomic mass is 35.5. The number of carbonyl (C=O) groups excluding carboxylic acids is 2. The molecule has 7 nitrogen and oxygen atoms in total. The maximum atomic E-state index is 11.9. The average molecular weight is 399 g/mol. The molecule has 0 N–H and O–H groups in total. The van der Waals surface area contributed by atoms with Crippen LogP contribution in [0.25, 0.3) is 17.4 Å². The number of amides is 2. The number of carbonyl (C=O) groups is 2. The molecule has 2 aromatic rings. The zero-order chi connectivity index (χ0) is 18.3. The number of thioether (sulfide) groups is 1. The van der Waals surface area contributed by atoms with Crippen molar-refractivity contribution in [2.75, 3.05) is 7.05 Å². The molecule has 2 amide bonds. The maximum absolute atomic E-state index is 11.9. The van der Waals surface area contributed by atoms with Crippen LogP contribution in [0.5, 0.6) is 0 Å². The summed E-state index contributed by atoms with van der Waals surface area (Å²) in [5.74, 6) is 0.155. The van der Waals surface area contributed by atoms with E-state index < -0.39 is 10.8 Å². The summed E-state index contributed by atoms with van der Waals surface area (Å²) in [7, 11) is 1.39. The molecule has 1 aromatic heterocycles. The highest BCUT2D eigenvalue weighted by Crippen LogP contribution is 2.38. The number of hydrogen-bond donors (Lipinski definition) is 0. The van der Waals surface area contributed by atoms with Crippen LogP contribution in [-0.4, -0.2) is 28.0 Å². The molecule has 1 fully saturated rings. The minimum absolute atomic E-state index is 0.0813. The van der Waals surface area contributed by atoms with Gasteiger partial charge in [-0.15, -0.1) is 0 Å². The second-order valence-electron chi connectivity index (χ2n) is 4.98. The van der Waals surface area contributed by atoms with E-state index in [1.54, 1.807) is 12.1 Å². The predicted octanol–water partition coefficient (Wildman–Crippen LogP) is 4.83. The van der Waals surface area contributed by atoms with Crippen LogP contribution in [0.1, 0.15) is 5.76 Å². The summed E-state index contributed by atoms with van der Waals surface area (Å²) in [5.41, 5.74) is -0.00729. The molecule has 0 atom stereocenters. The zero-order valence-corrected chi connectivity index (χ0v) is 14.8. The van der Waals surface area contributed by atoms with Gasteiger partial charge in [0.25, 0.3) is 16.8 Å². The van der Waals surface area contributed by atoms with E-state index in [-0.39, 0.29) is 31.6 Å². The Morgan fingerprint density at radius 3 is 2.56 bits per heavy atom. The number of nitro groups is 1. The Bertz CT molecular complexity index is 953. The number of likely N-dealkylation sites (N-methyl/N-ethyl adjacent to an activating group) is 1. The molecule has 10 heteroatoms. The van der Waals surface area contributed by atoms with Crippen molar-refractivity contribution in [3.63, 3.8) is 0 Å². The molecular weight excluding hydrogens is 391 g/mol. The van der Waals surface area contributed by atoms with Crippen LogP contribution >= 0.6 is 35.0 Å². The first-order chi connectivity index (χ1) is 11.8. The van der Waals surface area contributed by atoms with Gasteiger partial charge in [-0.2, -0.15) is 0 Å². The number of benzene rings is 1. The lowest BCUT2D eigenvalue weighted by molar-refractivity contribution is -0.384. The Morgan fingerprint density at radius 2 is 1.96 bits per heavy atom. The fourth-order valence-electron chi connectivity index (χ4n) is 2.12. The van der Waals surface area contributed by atoms with Crippen molar-refractivity contribution in [3.8, 4) is 11.3 Å². The quantitative estimate of drug-likeness (QED) is 0.417. The molecule has 0 unspecified atom stereocenters. The van der Waals surface area contributed by atoms with Crippen LogP contribution in [-0.2, 0) is 4.79 Å². The third kappa shape index (κ3) is 3.28. The number of hydrogen-bond acceptors (Lipinski definition) is 6. The molecule has 1 aromatic carbocycles. The van der Waals surface area contributed by atoms with E-state index in [1.165, 1.54) is 25.3 Å². The smallest absolute Gasteiger partial charge is 0.293 e. The van der Waals surface area contributed by atoms with Gasteiger partial charge in [-0.25, -0.2) is 0 Å². The molecule has 128 valence electrons. The SMILES string of the molecule is CN1C(=O)S/C(=C\c2ccc(-c3cc([N+](=O)[O-])c(Cl)cc3Cl)o2)C1=O. The number of imide groups is 1. The lowest BCUT2D eigenvalue weighted by Crippen LogP contribution is -2.22. The number of furan rings is 1. The summed E-state index contributed by atoms with van der Waals surface area (Å²) in [6.45, 7) is 0. The standard InChI is InChI=1S/C15H8Cl2N2O5S/c1-18-14(20)13(25-15(18)21)4-7-2-3-12(24-7)8-5-11(19(22)23)10(17)6-9(8)16/h2-6H,1H3/b13-4-. The molecule has 1 saturated heterocycles. The third-order valence-electron chi connectivity index (χ3n) is 3.39. The molecular formula is C15H8Cl2N2O5S. The van der Waals surface area contributed by atoms with Gasteiger partial charge in [0, 0.05) is 24.8 Å². The Labute approximate surface area is 155 Å². The van der Waals surface area contributed by atoms with Crippen molar-refractivity contribution in [1.82, 2.24) is 4.90 Å². The lowest BCUT2D eigenvalue weighted by Gasteiger charge is -2.03. The molecule has 2 heterocycles.